The zero-order chi connectivity index (χ0) is 19.8. The van der Waals surface area contributed by atoms with E-state index in [0.29, 0.717) is 16.9 Å². The van der Waals surface area contributed by atoms with E-state index in [9.17, 15) is 9.59 Å². The predicted octanol–water partition coefficient (Wildman–Crippen LogP) is 2.95. The first-order chi connectivity index (χ1) is 13.5. The largest absolute Gasteiger partial charge is 0.497 e. The van der Waals surface area contributed by atoms with Gasteiger partial charge in [0.15, 0.2) is 0 Å². The zero-order valence-electron chi connectivity index (χ0n) is 15.5. The Morgan fingerprint density at radius 2 is 2.07 bits per heavy atom. The number of hydrogen-bond donors (Lipinski definition) is 4. The number of nitrogens with two attached hydrogens (primary N) is 1. The summed E-state index contributed by atoms with van der Waals surface area (Å²) < 4.78 is 5.30. The van der Waals surface area contributed by atoms with Crippen LogP contribution in [0.3, 0.4) is 0 Å². The van der Waals surface area contributed by atoms with Crippen molar-refractivity contribution in [2.45, 2.75) is 13.0 Å². The third kappa shape index (κ3) is 3.12. The molecule has 142 valence electrons. The molecule has 1 aliphatic heterocycles. The van der Waals surface area contributed by atoms with Crippen LogP contribution in [0.2, 0.25) is 0 Å². The van der Waals surface area contributed by atoms with Crippen molar-refractivity contribution < 1.29 is 14.3 Å². The fourth-order valence-electron chi connectivity index (χ4n) is 3.19. The van der Waals surface area contributed by atoms with Gasteiger partial charge in [0.25, 0.3) is 5.91 Å². The summed E-state index contributed by atoms with van der Waals surface area (Å²) in [6.45, 7) is 1.61. The van der Waals surface area contributed by atoms with Gasteiger partial charge >= 0.3 is 0 Å². The molecular weight excluding hydrogens is 356 g/mol. The van der Waals surface area contributed by atoms with E-state index in [1.807, 2.05) is 36.5 Å². The summed E-state index contributed by atoms with van der Waals surface area (Å²) in [6, 6.07) is 10.4. The van der Waals surface area contributed by atoms with Gasteiger partial charge in [0, 0.05) is 39.5 Å². The molecule has 1 aliphatic rings. The summed E-state index contributed by atoms with van der Waals surface area (Å²) in [5.74, 6) is 0.272. The number of rotatable bonds is 4. The lowest BCUT2D eigenvalue weighted by Gasteiger charge is -2.09. The molecule has 0 radical (unpaired) electrons. The average Bonchev–Trinajstić information content (AvgIpc) is 3.22. The quantitative estimate of drug-likeness (QED) is 0.525. The summed E-state index contributed by atoms with van der Waals surface area (Å²) in [5, 5.41) is 6.54. The third-order valence-electron chi connectivity index (χ3n) is 4.70. The van der Waals surface area contributed by atoms with Crippen molar-refractivity contribution in [3.63, 3.8) is 0 Å². The maximum atomic E-state index is 12.5. The van der Waals surface area contributed by atoms with Gasteiger partial charge in [-0.25, -0.2) is 0 Å². The summed E-state index contributed by atoms with van der Waals surface area (Å²) >= 11 is 0. The van der Waals surface area contributed by atoms with Crippen molar-refractivity contribution in [1.82, 2.24) is 4.98 Å². The topological polar surface area (TPSA) is 109 Å². The van der Waals surface area contributed by atoms with Crippen LogP contribution in [-0.4, -0.2) is 29.9 Å². The Labute approximate surface area is 161 Å². The molecular formula is C21H20N4O3. The number of H-pyrrole nitrogens is 1. The fourth-order valence-corrected chi connectivity index (χ4v) is 3.19. The summed E-state index contributed by atoms with van der Waals surface area (Å²) in [4.78, 5) is 27.5. The molecule has 4 rings (SSSR count). The smallest absolute Gasteiger partial charge is 0.256 e. The summed E-state index contributed by atoms with van der Waals surface area (Å²) in [6.07, 6.45) is 3.71. The van der Waals surface area contributed by atoms with Crippen LogP contribution < -0.4 is 21.1 Å². The molecule has 2 amide bonds. The standard InChI is InChI=1S/C21H20N4O3/c1-11(22)20(26)24-13-3-5-15-17(21(27)25-19(15)8-13)7-12-10-23-18-6-4-14(28-2)9-16(12)18/h3-11,23H,22H2,1-2H3,(H,24,26)(H,25,27)/t11-/m0/s1. The van der Waals surface area contributed by atoms with E-state index in [1.165, 1.54) is 0 Å². The van der Waals surface area contributed by atoms with Crippen molar-refractivity contribution in [2.75, 3.05) is 17.7 Å². The number of anilines is 2. The van der Waals surface area contributed by atoms with Crippen LogP contribution in [0.15, 0.2) is 42.6 Å². The molecule has 0 unspecified atom stereocenters. The molecule has 1 aromatic heterocycles. The highest BCUT2D eigenvalue weighted by atomic mass is 16.5. The first-order valence-electron chi connectivity index (χ1n) is 8.85. The van der Waals surface area contributed by atoms with Crippen LogP contribution in [0.25, 0.3) is 22.6 Å². The van der Waals surface area contributed by atoms with Crippen molar-refractivity contribution in [1.29, 1.82) is 0 Å². The van der Waals surface area contributed by atoms with E-state index in [4.69, 9.17) is 10.5 Å². The lowest BCUT2D eigenvalue weighted by Crippen LogP contribution is -2.32. The number of aromatic nitrogens is 1. The van der Waals surface area contributed by atoms with Gasteiger partial charge in [-0.1, -0.05) is 6.07 Å². The number of nitrogens with one attached hydrogen (secondary N) is 3. The normalized spacial score (nSPS) is 15.4. The molecule has 0 bridgehead atoms. The molecule has 0 aliphatic carbocycles. The second kappa shape index (κ2) is 6.86. The Morgan fingerprint density at radius 1 is 1.25 bits per heavy atom. The molecule has 2 aromatic carbocycles. The average molecular weight is 376 g/mol. The minimum atomic E-state index is -0.614. The van der Waals surface area contributed by atoms with Crippen LogP contribution in [0, 0.1) is 0 Å². The number of amides is 2. The fraction of sp³-hybridized carbons (Fsp3) is 0.143. The lowest BCUT2D eigenvalue weighted by atomic mass is 10.0. The highest BCUT2D eigenvalue weighted by Gasteiger charge is 2.25. The van der Waals surface area contributed by atoms with E-state index in [2.05, 4.69) is 15.6 Å². The number of fused-ring (bicyclic) bond motifs is 2. The van der Waals surface area contributed by atoms with Crippen LogP contribution in [0.1, 0.15) is 18.1 Å². The van der Waals surface area contributed by atoms with Gasteiger partial charge in [-0.3, -0.25) is 9.59 Å². The number of methoxy groups -OCH3 is 1. The Hall–Kier alpha value is -3.58. The molecule has 0 spiro atoms. The molecule has 0 fully saturated rings. The van der Waals surface area contributed by atoms with Crippen molar-refractivity contribution >= 4 is 45.7 Å². The molecule has 0 saturated heterocycles. The van der Waals surface area contributed by atoms with E-state index < -0.39 is 6.04 Å². The van der Waals surface area contributed by atoms with Gasteiger partial charge in [-0.05, 0) is 43.3 Å². The highest BCUT2D eigenvalue weighted by Crippen LogP contribution is 2.36. The van der Waals surface area contributed by atoms with E-state index in [-0.39, 0.29) is 11.8 Å². The third-order valence-corrected chi connectivity index (χ3v) is 4.70. The monoisotopic (exact) mass is 376 g/mol. The Bertz CT molecular complexity index is 1130. The van der Waals surface area contributed by atoms with Crippen LogP contribution in [0.4, 0.5) is 11.4 Å². The minimum Gasteiger partial charge on any atom is -0.497 e. The van der Waals surface area contributed by atoms with Gasteiger partial charge < -0.3 is 26.1 Å². The molecule has 2 heterocycles. The molecule has 7 heteroatoms. The molecule has 5 N–H and O–H groups in total. The zero-order valence-corrected chi connectivity index (χ0v) is 15.5. The van der Waals surface area contributed by atoms with Gasteiger partial charge in [-0.15, -0.1) is 0 Å². The number of carbonyl (C=O) groups is 2. The van der Waals surface area contributed by atoms with Crippen LogP contribution in [0.5, 0.6) is 5.75 Å². The molecule has 28 heavy (non-hydrogen) atoms. The number of ether oxygens (including phenoxy) is 1. The second-order valence-corrected chi connectivity index (χ2v) is 6.71. The first kappa shape index (κ1) is 17.8. The molecule has 0 saturated carbocycles. The van der Waals surface area contributed by atoms with Crippen molar-refractivity contribution in [3.8, 4) is 5.75 Å². The summed E-state index contributed by atoms with van der Waals surface area (Å²) in [5.41, 5.74) is 10.00. The Kier molecular flexibility index (Phi) is 4.37. The number of aromatic amines is 1. The van der Waals surface area contributed by atoms with Crippen LogP contribution in [-0.2, 0) is 9.59 Å². The highest BCUT2D eigenvalue weighted by molar-refractivity contribution is 6.35. The van der Waals surface area contributed by atoms with Gasteiger partial charge in [0.05, 0.1) is 18.8 Å². The predicted molar refractivity (Wildman–Crippen MR) is 110 cm³/mol. The molecule has 7 nitrogen and oxygen atoms in total. The number of carbonyl (C=O) groups excluding carboxylic acids is 2. The van der Waals surface area contributed by atoms with Crippen molar-refractivity contribution in [3.05, 3.63) is 53.7 Å². The number of benzene rings is 2. The Morgan fingerprint density at radius 3 is 2.82 bits per heavy atom. The Balaban J connectivity index is 1.71. The second-order valence-electron chi connectivity index (χ2n) is 6.71. The van der Waals surface area contributed by atoms with Gasteiger partial charge in [-0.2, -0.15) is 0 Å². The van der Waals surface area contributed by atoms with E-state index in [1.54, 1.807) is 26.2 Å². The lowest BCUT2D eigenvalue weighted by molar-refractivity contribution is -0.117. The maximum Gasteiger partial charge on any atom is 0.256 e. The van der Waals surface area contributed by atoms with E-state index in [0.717, 1.165) is 27.8 Å². The van der Waals surface area contributed by atoms with Gasteiger partial charge in [0.1, 0.15) is 5.75 Å². The summed E-state index contributed by atoms with van der Waals surface area (Å²) in [7, 11) is 1.62. The molecule has 3 aromatic rings. The number of hydrogen-bond acceptors (Lipinski definition) is 4. The SMILES string of the molecule is COc1ccc2[nH]cc(C=C3C(=O)Nc4cc(NC(=O)[C@H](C)N)ccc43)c2c1. The van der Waals surface area contributed by atoms with Crippen molar-refractivity contribution in [2.24, 2.45) is 5.73 Å². The maximum absolute atomic E-state index is 12.5. The van der Waals surface area contributed by atoms with Crippen LogP contribution >= 0.6 is 0 Å². The molecule has 1 atom stereocenters. The van der Waals surface area contributed by atoms with E-state index >= 15 is 0 Å². The van der Waals surface area contributed by atoms with Gasteiger partial charge in [0.2, 0.25) is 5.91 Å². The minimum absolute atomic E-state index is 0.192. The first-order valence-corrected chi connectivity index (χ1v) is 8.85.